The van der Waals surface area contributed by atoms with E-state index in [0.29, 0.717) is 17.5 Å². The number of ether oxygens (including phenoxy) is 1. The van der Waals surface area contributed by atoms with E-state index in [0.717, 1.165) is 57.9 Å². The molecule has 4 aliphatic rings. The molecule has 1 amide bonds. The van der Waals surface area contributed by atoms with Crippen molar-refractivity contribution in [3.63, 3.8) is 0 Å². The SMILES string of the molecule is CN1C(COCC2CC2)CCC12CCN(C(=O)C1CC=CC1)CC2. The predicted octanol–water partition coefficient (Wildman–Crippen LogP) is 2.83. The van der Waals surface area contributed by atoms with Crippen LogP contribution in [0.5, 0.6) is 0 Å². The number of likely N-dealkylation sites (tertiary alicyclic amines) is 2. The Morgan fingerprint density at radius 3 is 2.46 bits per heavy atom. The Bertz CT molecular complexity index is 484. The van der Waals surface area contributed by atoms with Crippen molar-refractivity contribution in [3.05, 3.63) is 12.2 Å². The van der Waals surface area contributed by atoms with Crippen molar-refractivity contribution in [1.82, 2.24) is 9.80 Å². The Labute approximate surface area is 146 Å². The van der Waals surface area contributed by atoms with E-state index >= 15 is 0 Å². The zero-order chi connectivity index (χ0) is 16.6. The number of rotatable bonds is 5. The molecule has 1 unspecified atom stereocenters. The number of hydrogen-bond donors (Lipinski definition) is 0. The molecule has 1 spiro atoms. The number of carbonyl (C=O) groups excluding carboxylic acids is 1. The Morgan fingerprint density at radius 1 is 1.08 bits per heavy atom. The molecule has 2 aliphatic heterocycles. The molecule has 4 rings (SSSR count). The first kappa shape index (κ1) is 16.6. The smallest absolute Gasteiger partial charge is 0.226 e. The van der Waals surface area contributed by atoms with Crippen molar-refractivity contribution < 1.29 is 9.53 Å². The summed E-state index contributed by atoms with van der Waals surface area (Å²) in [6.45, 7) is 3.74. The fourth-order valence-electron chi connectivity index (χ4n) is 4.87. The van der Waals surface area contributed by atoms with E-state index in [1.54, 1.807) is 0 Å². The molecule has 2 heterocycles. The lowest BCUT2D eigenvalue weighted by Crippen LogP contribution is -2.54. The molecular weight excluding hydrogens is 300 g/mol. The molecule has 24 heavy (non-hydrogen) atoms. The molecule has 4 nitrogen and oxygen atoms in total. The fraction of sp³-hybridized carbons (Fsp3) is 0.850. The van der Waals surface area contributed by atoms with Crippen LogP contribution in [0.4, 0.5) is 0 Å². The van der Waals surface area contributed by atoms with Gasteiger partial charge in [-0.2, -0.15) is 0 Å². The summed E-state index contributed by atoms with van der Waals surface area (Å²) in [6.07, 6.45) is 13.7. The third-order valence-electron chi connectivity index (χ3n) is 6.96. The molecule has 0 bridgehead atoms. The third kappa shape index (κ3) is 3.28. The summed E-state index contributed by atoms with van der Waals surface area (Å²) < 4.78 is 5.96. The van der Waals surface area contributed by atoms with Gasteiger partial charge in [0.25, 0.3) is 0 Å². The summed E-state index contributed by atoms with van der Waals surface area (Å²) in [5, 5.41) is 0. The Balaban J connectivity index is 1.27. The highest BCUT2D eigenvalue weighted by atomic mass is 16.5. The van der Waals surface area contributed by atoms with Gasteiger partial charge in [-0.25, -0.2) is 0 Å². The van der Waals surface area contributed by atoms with Crippen LogP contribution < -0.4 is 0 Å². The van der Waals surface area contributed by atoms with Gasteiger partial charge in [-0.05, 0) is 64.3 Å². The number of allylic oxidation sites excluding steroid dienone is 2. The number of hydrogen-bond acceptors (Lipinski definition) is 3. The molecule has 4 heteroatoms. The average Bonchev–Trinajstić information content (AvgIpc) is 3.17. The standard InChI is InChI=1S/C20H32N2O2/c1-21-18(15-24-14-16-6-7-16)8-9-20(21)10-12-22(13-11-20)19(23)17-4-2-3-5-17/h2-3,16-18H,4-15H2,1H3. The lowest BCUT2D eigenvalue weighted by molar-refractivity contribution is -0.137. The first-order valence-corrected chi connectivity index (χ1v) is 9.92. The quantitative estimate of drug-likeness (QED) is 0.726. The maximum atomic E-state index is 12.6. The van der Waals surface area contributed by atoms with Crippen LogP contribution in [-0.4, -0.2) is 60.6 Å². The lowest BCUT2D eigenvalue weighted by Gasteiger charge is -2.45. The summed E-state index contributed by atoms with van der Waals surface area (Å²) in [5.41, 5.74) is 0.318. The minimum Gasteiger partial charge on any atom is -0.380 e. The van der Waals surface area contributed by atoms with Gasteiger partial charge in [-0.15, -0.1) is 0 Å². The first-order valence-electron chi connectivity index (χ1n) is 9.92. The zero-order valence-corrected chi connectivity index (χ0v) is 15.1. The molecule has 0 aromatic rings. The molecule has 2 saturated heterocycles. The monoisotopic (exact) mass is 332 g/mol. The summed E-state index contributed by atoms with van der Waals surface area (Å²) in [5.74, 6) is 1.47. The van der Waals surface area contributed by atoms with Gasteiger partial charge >= 0.3 is 0 Å². The Kier molecular flexibility index (Phi) is 4.70. The van der Waals surface area contributed by atoms with Gasteiger partial charge in [0.2, 0.25) is 5.91 Å². The van der Waals surface area contributed by atoms with E-state index in [2.05, 4.69) is 29.0 Å². The van der Waals surface area contributed by atoms with Gasteiger partial charge in [-0.3, -0.25) is 9.69 Å². The molecule has 0 radical (unpaired) electrons. The summed E-state index contributed by atoms with van der Waals surface area (Å²) in [4.78, 5) is 17.3. The maximum Gasteiger partial charge on any atom is 0.226 e. The number of nitrogens with zero attached hydrogens (tertiary/aromatic N) is 2. The van der Waals surface area contributed by atoms with Crippen molar-refractivity contribution >= 4 is 5.91 Å². The summed E-state index contributed by atoms with van der Waals surface area (Å²) in [6, 6.07) is 0.574. The zero-order valence-electron chi connectivity index (χ0n) is 15.1. The van der Waals surface area contributed by atoms with E-state index < -0.39 is 0 Å². The van der Waals surface area contributed by atoms with Crippen molar-refractivity contribution in [2.75, 3.05) is 33.4 Å². The summed E-state index contributed by atoms with van der Waals surface area (Å²) in [7, 11) is 2.29. The average molecular weight is 332 g/mol. The van der Waals surface area contributed by atoms with E-state index in [4.69, 9.17) is 4.74 Å². The van der Waals surface area contributed by atoms with Gasteiger partial charge in [0, 0.05) is 37.2 Å². The van der Waals surface area contributed by atoms with E-state index in [9.17, 15) is 4.79 Å². The molecular formula is C20H32N2O2. The molecule has 1 atom stereocenters. The Hall–Kier alpha value is -0.870. The van der Waals surface area contributed by atoms with Gasteiger partial charge in [0.1, 0.15) is 0 Å². The molecule has 134 valence electrons. The topological polar surface area (TPSA) is 32.8 Å². The number of piperidine rings is 1. The number of likely N-dealkylation sites (N-methyl/N-ethyl adjacent to an activating group) is 1. The van der Waals surface area contributed by atoms with Crippen LogP contribution in [0.3, 0.4) is 0 Å². The van der Waals surface area contributed by atoms with Crippen molar-refractivity contribution in [2.24, 2.45) is 11.8 Å². The van der Waals surface area contributed by atoms with E-state index in [1.807, 2.05) is 0 Å². The van der Waals surface area contributed by atoms with Gasteiger partial charge in [0.05, 0.1) is 6.61 Å². The minimum atomic E-state index is 0.226. The van der Waals surface area contributed by atoms with Crippen LogP contribution in [0.25, 0.3) is 0 Å². The van der Waals surface area contributed by atoms with Crippen LogP contribution in [-0.2, 0) is 9.53 Å². The van der Waals surface area contributed by atoms with Crippen molar-refractivity contribution in [1.29, 1.82) is 0 Å². The fourth-order valence-corrected chi connectivity index (χ4v) is 4.87. The molecule has 2 aliphatic carbocycles. The maximum absolute atomic E-state index is 12.6. The largest absolute Gasteiger partial charge is 0.380 e. The second-order valence-electron chi connectivity index (χ2n) is 8.47. The van der Waals surface area contributed by atoms with E-state index in [-0.39, 0.29) is 5.92 Å². The van der Waals surface area contributed by atoms with Gasteiger partial charge in [-0.1, -0.05) is 12.2 Å². The molecule has 1 saturated carbocycles. The minimum absolute atomic E-state index is 0.226. The highest BCUT2D eigenvalue weighted by Crippen LogP contribution is 2.41. The second-order valence-corrected chi connectivity index (χ2v) is 8.47. The van der Waals surface area contributed by atoms with Gasteiger partial charge in [0.15, 0.2) is 0 Å². The van der Waals surface area contributed by atoms with Crippen LogP contribution in [0.15, 0.2) is 12.2 Å². The number of amides is 1. The highest BCUT2D eigenvalue weighted by Gasteiger charge is 2.46. The van der Waals surface area contributed by atoms with Crippen LogP contribution in [0.2, 0.25) is 0 Å². The summed E-state index contributed by atoms with van der Waals surface area (Å²) >= 11 is 0. The third-order valence-corrected chi connectivity index (χ3v) is 6.96. The number of carbonyl (C=O) groups is 1. The molecule has 0 aromatic heterocycles. The van der Waals surface area contributed by atoms with Crippen molar-refractivity contribution in [2.45, 2.75) is 62.9 Å². The van der Waals surface area contributed by atoms with Crippen molar-refractivity contribution in [3.8, 4) is 0 Å². The van der Waals surface area contributed by atoms with Crippen LogP contribution >= 0.6 is 0 Å². The first-order chi connectivity index (χ1) is 11.7. The Morgan fingerprint density at radius 2 is 1.79 bits per heavy atom. The molecule has 0 aromatic carbocycles. The van der Waals surface area contributed by atoms with Crippen LogP contribution in [0, 0.1) is 11.8 Å². The normalized spacial score (nSPS) is 30.5. The second kappa shape index (κ2) is 6.80. The predicted molar refractivity (Wildman–Crippen MR) is 94.7 cm³/mol. The van der Waals surface area contributed by atoms with E-state index in [1.165, 1.54) is 25.7 Å². The lowest BCUT2D eigenvalue weighted by atomic mass is 9.85. The van der Waals surface area contributed by atoms with Crippen LogP contribution in [0.1, 0.15) is 51.4 Å². The highest BCUT2D eigenvalue weighted by molar-refractivity contribution is 5.79. The van der Waals surface area contributed by atoms with Gasteiger partial charge < -0.3 is 9.64 Å². The molecule has 0 N–H and O–H groups in total. The molecule has 3 fully saturated rings.